The van der Waals surface area contributed by atoms with Crippen molar-refractivity contribution in [2.75, 3.05) is 5.32 Å². The minimum atomic E-state index is 1.06. The molecule has 0 saturated heterocycles. The number of hydrogen-bond acceptors (Lipinski definition) is 2. The molecule has 1 aliphatic rings. The number of benzene rings is 3. The normalized spacial score (nSPS) is 12.0. The Bertz CT molecular complexity index is 972. The van der Waals surface area contributed by atoms with E-state index in [1.807, 2.05) is 66.9 Å². The molecule has 0 saturated carbocycles. The van der Waals surface area contributed by atoms with Crippen LogP contribution in [0.1, 0.15) is 5.56 Å². The fourth-order valence-corrected chi connectivity index (χ4v) is 2.85. The molecule has 1 N–H and O–H groups in total. The summed E-state index contributed by atoms with van der Waals surface area (Å²) in [7, 11) is 0. The summed E-state index contributed by atoms with van der Waals surface area (Å²) < 4.78 is 0. The van der Waals surface area contributed by atoms with Crippen molar-refractivity contribution in [3.05, 3.63) is 103 Å². The van der Waals surface area contributed by atoms with Gasteiger partial charge in [0, 0.05) is 22.7 Å². The third-order valence-electron chi connectivity index (χ3n) is 4.11. The Kier molecular flexibility index (Phi) is 4.25. The predicted octanol–water partition coefficient (Wildman–Crippen LogP) is 6.03. The molecule has 0 spiro atoms. The van der Waals surface area contributed by atoms with Crippen LogP contribution in [0.2, 0.25) is 0 Å². The highest BCUT2D eigenvalue weighted by atomic mass is 14.8. The van der Waals surface area contributed by atoms with Crippen molar-refractivity contribution in [1.29, 1.82) is 0 Å². The van der Waals surface area contributed by atoms with Gasteiger partial charge in [-0.1, -0.05) is 66.7 Å². The number of para-hydroxylation sites is 3. The van der Waals surface area contributed by atoms with Crippen molar-refractivity contribution in [2.24, 2.45) is 0 Å². The Morgan fingerprint density at radius 1 is 0.640 bits per heavy atom. The highest BCUT2D eigenvalue weighted by molar-refractivity contribution is 5.92. The SMILES string of the molecule is C1=CNc2ccccc2C=C1.c1ccc2nc3ccccc3cc2c1. The molecule has 3 aromatic carbocycles. The van der Waals surface area contributed by atoms with Gasteiger partial charge in [-0.05, 0) is 35.9 Å². The number of pyridine rings is 1. The molecule has 0 radical (unpaired) electrons. The molecule has 0 aliphatic carbocycles. The largest absolute Gasteiger partial charge is 0.361 e. The van der Waals surface area contributed by atoms with Gasteiger partial charge in [0.2, 0.25) is 0 Å². The molecule has 120 valence electrons. The van der Waals surface area contributed by atoms with E-state index in [1.54, 1.807) is 0 Å². The van der Waals surface area contributed by atoms with Gasteiger partial charge in [0.15, 0.2) is 0 Å². The average Bonchev–Trinajstić information content (AvgIpc) is 2.92. The van der Waals surface area contributed by atoms with Crippen LogP contribution < -0.4 is 5.32 Å². The lowest BCUT2D eigenvalue weighted by atomic mass is 10.1. The first kappa shape index (κ1) is 15.2. The molecule has 1 aromatic heterocycles. The van der Waals surface area contributed by atoms with Crippen molar-refractivity contribution >= 4 is 33.6 Å². The molecule has 2 heteroatoms. The van der Waals surface area contributed by atoms with Crippen molar-refractivity contribution in [2.45, 2.75) is 0 Å². The first-order valence-corrected chi connectivity index (χ1v) is 8.33. The second-order valence-electron chi connectivity index (χ2n) is 5.82. The number of hydrogen-bond donors (Lipinski definition) is 1. The average molecular weight is 322 g/mol. The zero-order valence-electron chi connectivity index (χ0n) is 13.8. The van der Waals surface area contributed by atoms with Crippen LogP contribution in [0.3, 0.4) is 0 Å². The van der Waals surface area contributed by atoms with Crippen LogP contribution in [-0.2, 0) is 0 Å². The molecule has 25 heavy (non-hydrogen) atoms. The van der Waals surface area contributed by atoms with Gasteiger partial charge in [-0.3, -0.25) is 0 Å². The van der Waals surface area contributed by atoms with Crippen molar-refractivity contribution in [3.63, 3.8) is 0 Å². The summed E-state index contributed by atoms with van der Waals surface area (Å²) in [4.78, 5) is 4.58. The second kappa shape index (κ2) is 7.02. The lowest BCUT2D eigenvalue weighted by Crippen LogP contribution is -1.87. The summed E-state index contributed by atoms with van der Waals surface area (Å²) in [6, 6.07) is 26.8. The third-order valence-corrected chi connectivity index (χ3v) is 4.11. The fraction of sp³-hybridized carbons (Fsp3) is 0. The highest BCUT2D eigenvalue weighted by Gasteiger charge is 1.97. The highest BCUT2D eigenvalue weighted by Crippen LogP contribution is 2.19. The standard InChI is InChI=1S/C13H9N.C10H9N/c1-3-7-12-10(5-1)9-11-6-2-4-8-13(11)14-12;1-2-7-10-9(5-1)6-3-4-8-11-10/h1-9H;1-8,11H. The van der Waals surface area contributed by atoms with Gasteiger partial charge in [0.25, 0.3) is 0 Å². The number of nitrogens with zero attached hydrogens (tertiary/aromatic N) is 1. The van der Waals surface area contributed by atoms with Crippen LogP contribution in [0.25, 0.3) is 27.9 Å². The molecule has 1 aliphatic heterocycles. The molecule has 0 amide bonds. The first-order chi connectivity index (χ1) is 12.4. The van der Waals surface area contributed by atoms with E-state index in [-0.39, 0.29) is 0 Å². The molecular formula is C23H18N2. The van der Waals surface area contributed by atoms with E-state index in [0.717, 1.165) is 16.7 Å². The van der Waals surface area contributed by atoms with Gasteiger partial charge < -0.3 is 5.32 Å². The lowest BCUT2D eigenvalue weighted by molar-refractivity contribution is 1.50. The molecule has 0 atom stereocenters. The van der Waals surface area contributed by atoms with Crippen molar-refractivity contribution in [3.8, 4) is 0 Å². The summed E-state index contributed by atoms with van der Waals surface area (Å²) in [5, 5.41) is 5.58. The zero-order valence-corrected chi connectivity index (χ0v) is 13.8. The van der Waals surface area contributed by atoms with Gasteiger partial charge in [-0.25, -0.2) is 4.98 Å². The Labute approximate surface area is 147 Å². The maximum Gasteiger partial charge on any atom is 0.0709 e. The Morgan fingerprint density at radius 2 is 1.28 bits per heavy atom. The monoisotopic (exact) mass is 322 g/mol. The number of rotatable bonds is 0. The van der Waals surface area contributed by atoms with E-state index in [2.05, 4.69) is 46.7 Å². The second-order valence-corrected chi connectivity index (χ2v) is 5.82. The summed E-state index contributed by atoms with van der Waals surface area (Å²) in [5.41, 5.74) is 4.52. The van der Waals surface area contributed by atoms with E-state index in [1.165, 1.54) is 16.3 Å². The van der Waals surface area contributed by atoms with Crippen LogP contribution in [0.15, 0.2) is 97.2 Å². The fourth-order valence-electron chi connectivity index (χ4n) is 2.85. The molecule has 0 bridgehead atoms. The topological polar surface area (TPSA) is 24.9 Å². The molecule has 2 heterocycles. The molecule has 2 nitrogen and oxygen atoms in total. The molecular weight excluding hydrogens is 304 g/mol. The lowest BCUT2D eigenvalue weighted by Gasteiger charge is -2.01. The Morgan fingerprint density at radius 3 is 2.04 bits per heavy atom. The number of nitrogens with one attached hydrogen (secondary N) is 1. The molecule has 0 unspecified atom stereocenters. The zero-order chi connectivity index (χ0) is 16.9. The van der Waals surface area contributed by atoms with Gasteiger partial charge in [0.1, 0.15) is 0 Å². The van der Waals surface area contributed by atoms with Gasteiger partial charge >= 0.3 is 0 Å². The summed E-state index contributed by atoms with van der Waals surface area (Å²) >= 11 is 0. The first-order valence-electron chi connectivity index (χ1n) is 8.33. The van der Waals surface area contributed by atoms with E-state index >= 15 is 0 Å². The number of anilines is 1. The van der Waals surface area contributed by atoms with Crippen LogP contribution in [0.4, 0.5) is 5.69 Å². The third kappa shape index (κ3) is 3.43. The molecule has 4 aromatic rings. The van der Waals surface area contributed by atoms with Gasteiger partial charge in [-0.15, -0.1) is 0 Å². The minimum absolute atomic E-state index is 1.06. The predicted molar refractivity (Wildman–Crippen MR) is 107 cm³/mol. The minimum Gasteiger partial charge on any atom is -0.361 e. The number of allylic oxidation sites excluding steroid dienone is 2. The molecule has 5 rings (SSSR count). The Hall–Kier alpha value is -3.39. The van der Waals surface area contributed by atoms with Crippen LogP contribution in [0, 0.1) is 0 Å². The summed E-state index contributed by atoms with van der Waals surface area (Å²) in [5.74, 6) is 0. The van der Waals surface area contributed by atoms with E-state index in [0.29, 0.717) is 0 Å². The van der Waals surface area contributed by atoms with E-state index in [9.17, 15) is 0 Å². The van der Waals surface area contributed by atoms with Crippen molar-refractivity contribution in [1.82, 2.24) is 4.98 Å². The van der Waals surface area contributed by atoms with E-state index in [4.69, 9.17) is 0 Å². The number of aromatic nitrogens is 1. The summed E-state index contributed by atoms with van der Waals surface area (Å²) in [6.45, 7) is 0. The quantitative estimate of drug-likeness (QED) is 0.400. The summed E-state index contributed by atoms with van der Waals surface area (Å²) in [6.07, 6.45) is 8.03. The number of fused-ring (bicyclic) bond motifs is 3. The molecule has 0 fully saturated rings. The van der Waals surface area contributed by atoms with E-state index < -0.39 is 0 Å². The van der Waals surface area contributed by atoms with Crippen LogP contribution in [-0.4, -0.2) is 4.98 Å². The van der Waals surface area contributed by atoms with Crippen LogP contribution >= 0.6 is 0 Å². The Balaban J connectivity index is 0.000000129. The maximum absolute atomic E-state index is 4.58. The van der Waals surface area contributed by atoms with Crippen molar-refractivity contribution < 1.29 is 0 Å². The maximum atomic E-state index is 4.58. The van der Waals surface area contributed by atoms with Gasteiger partial charge in [0.05, 0.1) is 11.0 Å². The smallest absolute Gasteiger partial charge is 0.0709 e. The van der Waals surface area contributed by atoms with Crippen LogP contribution in [0.5, 0.6) is 0 Å². The van der Waals surface area contributed by atoms with Gasteiger partial charge in [-0.2, -0.15) is 0 Å².